The van der Waals surface area contributed by atoms with Crippen LogP contribution in [0, 0.1) is 0 Å². The molecular formula is C12H26N2S. The van der Waals surface area contributed by atoms with E-state index < -0.39 is 0 Å². The molecule has 0 aromatic rings. The summed E-state index contributed by atoms with van der Waals surface area (Å²) in [7, 11) is 0. The lowest BCUT2D eigenvalue weighted by Crippen LogP contribution is -2.50. The zero-order chi connectivity index (χ0) is 11.1. The second-order valence-corrected chi connectivity index (χ2v) is 5.56. The molecule has 2 nitrogen and oxygen atoms in total. The lowest BCUT2D eigenvalue weighted by molar-refractivity contribution is 0.149. The van der Waals surface area contributed by atoms with Crippen molar-refractivity contribution < 1.29 is 0 Å². The molecule has 1 rings (SSSR count). The highest BCUT2D eigenvalue weighted by molar-refractivity contribution is 7.99. The highest BCUT2D eigenvalue weighted by atomic mass is 32.2. The average molecular weight is 230 g/mol. The fourth-order valence-electron chi connectivity index (χ4n) is 2.31. The summed E-state index contributed by atoms with van der Waals surface area (Å²) >= 11 is 2.10. The van der Waals surface area contributed by atoms with E-state index in [0.717, 1.165) is 18.6 Å². The molecule has 1 N–H and O–H groups in total. The van der Waals surface area contributed by atoms with E-state index in [1.54, 1.807) is 0 Å². The molecular weight excluding hydrogens is 204 g/mol. The maximum atomic E-state index is 3.50. The molecule has 1 aliphatic rings. The molecule has 0 bridgehead atoms. The molecule has 1 fully saturated rings. The van der Waals surface area contributed by atoms with E-state index in [0.29, 0.717) is 0 Å². The summed E-state index contributed by atoms with van der Waals surface area (Å²) in [6.07, 6.45) is 2.63. The Morgan fingerprint density at radius 2 is 2.27 bits per heavy atom. The predicted octanol–water partition coefficient (Wildman–Crippen LogP) is 2.20. The van der Waals surface area contributed by atoms with Crippen molar-refractivity contribution >= 4 is 11.8 Å². The molecule has 0 amide bonds. The minimum atomic E-state index is 0.755. The molecule has 0 radical (unpaired) electrons. The Morgan fingerprint density at radius 1 is 1.47 bits per heavy atom. The molecule has 90 valence electrons. The van der Waals surface area contributed by atoms with Crippen molar-refractivity contribution in [3.8, 4) is 0 Å². The first-order valence-corrected chi connectivity index (χ1v) is 7.49. The van der Waals surface area contributed by atoms with Gasteiger partial charge >= 0.3 is 0 Å². The van der Waals surface area contributed by atoms with Gasteiger partial charge in [0.15, 0.2) is 0 Å². The Labute approximate surface area is 99.2 Å². The van der Waals surface area contributed by atoms with Gasteiger partial charge in [-0.1, -0.05) is 20.3 Å². The quantitative estimate of drug-likeness (QED) is 0.753. The normalized spacial score (nSPS) is 25.4. The van der Waals surface area contributed by atoms with E-state index in [2.05, 4.69) is 42.7 Å². The minimum Gasteiger partial charge on any atom is -0.315 e. The van der Waals surface area contributed by atoms with Crippen molar-refractivity contribution in [2.45, 2.75) is 45.7 Å². The standard InChI is InChI=1S/C12H26N2S/c1-4-6-12(9-13-5-2)14-7-8-15-10-11(14)3/h11-13H,4-10H2,1-3H3. The van der Waals surface area contributed by atoms with Gasteiger partial charge in [0, 0.05) is 36.7 Å². The summed E-state index contributed by atoms with van der Waals surface area (Å²) in [6.45, 7) is 10.4. The van der Waals surface area contributed by atoms with Gasteiger partial charge in [-0.15, -0.1) is 0 Å². The third-order valence-electron chi connectivity index (χ3n) is 3.14. The highest BCUT2D eigenvalue weighted by Crippen LogP contribution is 2.20. The van der Waals surface area contributed by atoms with Gasteiger partial charge in [0.05, 0.1) is 0 Å². The molecule has 3 heteroatoms. The smallest absolute Gasteiger partial charge is 0.0224 e. The van der Waals surface area contributed by atoms with Crippen LogP contribution in [0.5, 0.6) is 0 Å². The van der Waals surface area contributed by atoms with Crippen LogP contribution < -0.4 is 5.32 Å². The Balaban J connectivity index is 2.44. The van der Waals surface area contributed by atoms with Gasteiger partial charge < -0.3 is 5.32 Å². The van der Waals surface area contributed by atoms with Crippen LogP contribution >= 0.6 is 11.8 Å². The predicted molar refractivity (Wildman–Crippen MR) is 70.7 cm³/mol. The van der Waals surface area contributed by atoms with Crippen molar-refractivity contribution in [3.05, 3.63) is 0 Å². The third-order valence-corrected chi connectivity index (χ3v) is 4.33. The molecule has 15 heavy (non-hydrogen) atoms. The number of nitrogens with one attached hydrogen (secondary N) is 1. The van der Waals surface area contributed by atoms with Gasteiger partial charge in [0.1, 0.15) is 0 Å². The van der Waals surface area contributed by atoms with Gasteiger partial charge in [-0.05, 0) is 19.9 Å². The average Bonchev–Trinajstić information content (AvgIpc) is 2.25. The maximum Gasteiger partial charge on any atom is 0.0224 e. The van der Waals surface area contributed by atoms with Crippen LogP contribution in [0.1, 0.15) is 33.6 Å². The summed E-state index contributed by atoms with van der Waals surface area (Å²) in [5.74, 6) is 2.63. The topological polar surface area (TPSA) is 15.3 Å². The summed E-state index contributed by atoms with van der Waals surface area (Å²) < 4.78 is 0. The molecule has 1 saturated heterocycles. The van der Waals surface area contributed by atoms with Crippen LogP contribution in [0.25, 0.3) is 0 Å². The highest BCUT2D eigenvalue weighted by Gasteiger charge is 2.25. The monoisotopic (exact) mass is 230 g/mol. The zero-order valence-electron chi connectivity index (χ0n) is 10.5. The summed E-state index contributed by atoms with van der Waals surface area (Å²) in [4.78, 5) is 2.71. The number of likely N-dealkylation sites (N-methyl/N-ethyl adjacent to an activating group) is 1. The van der Waals surface area contributed by atoms with Gasteiger partial charge in [-0.2, -0.15) is 11.8 Å². The molecule has 1 aliphatic heterocycles. The van der Waals surface area contributed by atoms with Crippen LogP contribution in [0.2, 0.25) is 0 Å². The summed E-state index contributed by atoms with van der Waals surface area (Å²) in [6, 6.07) is 1.52. The number of hydrogen-bond donors (Lipinski definition) is 1. The SMILES string of the molecule is CCCC(CNCC)N1CCSCC1C. The molecule has 0 saturated carbocycles. The van der Waals surface area contributed by atoms with E-state index in [9.17, 15) is 0 Å². The van der Waals surface area contributed by atoms with Gasteiger partial charge in [0.25, 0.3) is 0 Å². The molecule has 2 atom stereocenters. The molecule has 0 aliphatic carbocycles. The van der Waals surface area contributed by atoms with Crippen molar-refractivity contribution in [1.82, 2.24) is 10.2 Å². The number of rotatable bonds is 6. The summed E-state index contributed by atoms with van der Waals surface area (Å²) in [5.41, 5.74) is 0. The van der Waals surface area contributed by atoms with Gasteiger partial charge in [-0.3, -0.25) is 4.90 Å². The maximum absolute atomic E-state index is 3.50. The Morgan fingerprint density at radius 3 is 2.87 bits per heavy atom. The van der Waals surface area contributed by atoms with Crippen molar-refractivity contribution in [2.75, 3.05) is 31.1 Å². The second kappa shape index (κ2) is 7.53. The zero-order valence-corrected chi connectivity index (χ0v) is 11.3. The first-order chi connectivity index (χ1) is 7.29. The van der Waals surface area contributed by atoms with Gasteiger partial charge in [-0.25, -0.2) is 0 Å². The van der Waals surface area contributed by atoms with Crippen LogP contribution in [0.4, 0.5) is 0 Å². The first kappa shape index (κ1) is 13.3. The fourth-order valence-corrected chi connectivity index (χ4v) is 3.35. The molecule has 1 heterocycles. The Bertz CT molecular complexity index is 164. The van der Waals surface area contributed by atoms with E-state index >= 15 is 0 Å². The number of nitrogens with zero attached hydrogens (tertiary/aromatic N) is 1. The number of hydrogen-bond acceptors (Lipinski definition) is 3. The van der Waals surface area contributed by atoms with E-state index in [4.69, 9.17) is 0 Å². The van der Waals surface area contributed by atoms with Crippen molar-refractivity contribution in [3.63, 3.8) is 0 Å². The fraction of sp³-hybridized carbons (Fsp3) is 1.00. The second-order valence-electron chi connectivity index (χ2n) is 4.41. The lowest BCUT2D eigenvalue weighted by atomic mass is 10.1. The van der Waals surface area contributed by atoms with Crippen molar-refractivity contribution in [2.24, 2.45) is 0 Å². The largest absolute Gasteiger partial charge is 0.315 e. The van der Waals surface area contributed by atoms with Crippen molar-refractivity contribution in [1.29, 1.82) is 0 Å². The third kappa shape index (κ3) is 4.33. The van der Waals surface area contributed by atoms with E-state index in [-0.39, 0.29) is 0 Å². The van der Waals surface area contributed by atoms with Crippen LogP contribution in [0.3, 0.4) is 0 Å². The molecule has 0 aromatic carbocycles. The van der Waals surface area contributed by atoms with Crippen LogP contribution in [0.15, 0.2) is 0 Å². The first-order valence-electron chi connectivity index (χ1n) is 6.33. The summed E-state index contributed by atoms with van der Waals surface area (Å²) in [5, 5.41) is 3.50. The number of thioether (sulfide) groups is 1. The lowest BCUT2D eigenvalue weighted by Gasteiger charge is -2.39. The molecule has 2 unspecified atom stereocenters. The van der Waals surface area contributed by atoms with Crippen LogP contribution in [-0.4, -0.2) is 48.1 Å². The Kier molecular flexibility index (Phi) is 6.69. The van der Waals surface area contributed by atoms with Gasteiger partial charge in [0.2, 0.25) is 0 Å². The molecule has 0 aromatic heterocycles. The molecule has 0 spiro atoms. The van der Waals surface area contributed by atoms with E-state index in [1.165, 1.54) is 37.4 Å². The Hall–Kier alpha value is 0.270. The minimum absolute atomic E-state index is 0.755. The van der Waals surface area contributed by atoms with Crippen LogP contribution in [-0.2, 0) is 0 Å². The van der Waals surface area contributed by atoms with E-state index in [1.807, 2.05) is 0 Å².